The fourth-order valence-corrected chi connectivity index (χ4v) is 1.57. The Morgan fingerprint density at radius 1 is 1.38 bits per heavy atom. The summed E-state index contributed by atoms with van der Waals surface area (Å²) in [6.45, 7) is 2.02. The van der Waals surface area contributed by atoms with E-state index < -0.39 is 5.60 Å². The summed E-state index contributed by atoms with van der Waals surface area (Å²) in [5.74, 6) is 0.797. The average molecular weight is 178 g/mol. The standard InChI is InChI=1S/C11H14O2/c1-8-3-4-10(13-2)9(7-8)11(12)5-6-11/h3-4,7,12H,5-6H2,1-2H3. The molecule has 13 heavy (non-hydrogen) atoms. The fraction of sp³-hybridized carbons (Fsp3) is 0.455. The molecule has 0 saturated heterocycles. The molecule has 2 rings (SSSR count). The van der Waals surface area contributed by atoms with Crippen LogP contribution >= 0.6 is 0 Å². The number of aliphatic hydroxyl groups is 1. The van der Waals surface area contributed by atoms with Gasteiger partial charge in [-0.3, -0.25) is 0 Å². The molecule has 0 atom stereocenters. The van der Waals surface area contributed by atoms with Crippen LogP contribution in [0.5, 0.6) is 5.75 Å². The molecule has 2 heteroatoms. The molecular formula is C11H14O2. The molecule has 1 aromatic rings. The van der Waals surface area contributed by atoms with E-state index in [-0.39, 0.29) is 0 Å². The zero-order valence-electron chi connectivity index (χ0n) is 8.00. The molecule has 1 aliphatic rings. The van der Waals surface area contributed by atoms with Crippen molar-refractivity contribution in [3.05, 3.63) is 29.3 Å². The highest BCUT2D eigenvalue weighted by Crippen LogP contribution is 2.48. The van der Waals surface area contributed by atoms with Crippen LogP contribution < -0.4 is 4.74 Å². The van der Waals surface area contributed by atoms with Gasteiger partial charge >= 0.3 is 0 Å². The Balaban J connectivity index is 2.47. The summed E-state index contributed by atoms with van der Waals surface area (Å²) < 4.78 is 5.21. The summed E-state index contributed by atoms with van der Waals surface area (Å²) in [7, 11) is 1.64. The number of rotatable bonds is 2. The molecule has 0 amide bonds. The largest absolute Gasteiger partial charge is 0.496 e. The van der Waals surface area contributed by atoms with Gasteiger partial charge in [0.05, 0.1) is 12.7 Å². The molecule has 1 aliphatic carbocycles. The fourth-order valence-electron chi connectivity index (χ4n) is 1.57. The zero-order chi connectivity index (χ0) is 9.47. The molecule has 0 spiro atoms. The molecule has 0 unspecified atom stereocenters. The highest BCUT2D eigenvalue weighted by atomic mass is 16.5. The molecule has 0 aliphatic heterocycles. The monoisotopic (exact) mass is 178 g/mol. The van der Waals surface area contributed by atoms with Crippen LogP contribution in [0.2, 0.25) is 0 Å². The molecule has 0 radical (unpaired) electrons. The Morgan fingerprint density at radius 3 is 2.62 bits per heavy atom. The minimum atomic E-state index is -0.600. The van der Waals surface area contributed by atoms with Crippen molar-refractivity contribution in [1.29, 1.82) is 0 Å². The molecule has 2 nitrogen and oxygen atoms in total. The topological polar surface area (TPSA) is 29.5 Å². The predicted molar refractivity (Wildman–Crippen MR) is 50.9 cm³/mol. The second kappa shape index (κ2) is 2.74. The first kappa shape index (κ1) is 8.57. The quantitative estimate of drug-likeness (QED) is 0.750. The maximum absolute atomic E-state index is 9.96. The number of benzene rings is 1. The van der Waals surface area contributed by atoms with Gasteiger partial charge in [-0.05, 0) is 31.9 Å². The third kappa shape index (κ3) is 1.42. The lowest BCUT2D eigenvalue weighted by Crippen LogP contribution is -2.06. The van der Waals surface area contributed by atoms with Crippen molar-refractivity contribution < 1.29 is 9.84 Å². The van der Waals surface area contributed by atoms with Crippen LogP contribution in [0.4, 0.5) is 0 Å². The van der Waals surface area contributed by atoms with Crippen molar-refractivity contribution in [2.75, 3.05) is 7.11 Å². The van der Waals surface area contributed by atoms with E-state index in [0.717, 1.165) is 29.7 Å². The van der Waals surface area contributed by atoms with Crippen molar-refractivity contribution in [1.82, 2.24) is 0 Å². The van der Waals surface area contributed by atoms with Crippen LogP contribution in [0.1, 0.15) is 24.0 Å². The van der Waals surface area contributed by atoms with E-state index >= 15 is 0 Å². The maximum atomic E-state index is 9.96. The van der Waals surface area contributed by atoms with Crippen molar-refractivity contribution in [2.24, 2.45) is 0 Å². The number of methoxy groups -OCH3 is 1. The van der Waals surface area contributed by atoms with Crippen LogP contribution in [-0.2, 0) is 5.60 Å². The first-order valence-corrected chi connectivity index (χ1v) is 4.53. The van der Waals surface area contributed by atoms with Crippen LogP contribution in [0.25, 0.3) is 0 Å². The summed E-state index contributed by atoms with van der Waals surface area (Å²) in [6, 6.07) is 5.92. The highest BCUT2D eigenvalue weighted by Gasteiger charge is 2.44. The van der Waals surface area contributed by atoms with Crippen LogP contribution in [0.15, 0.2) is 18.2 Å². The smallest absolute Gasteiger partial charge is 0.124 e. The second-order valence-corrected chi connectivity index (χ2v) is 3.74. The van der Waals surface area contributed by atoms with Crippen LogP contribution in [0, 0.1) is 6.92 Å². The first-order chi connectivity index (χ1) is 6.15. The first-order valence-electron chi connectivity index (χ1n) is 4.53. The van der Waals surface area contributed by atoms with E-state index in [2.05, 4.69) is 0 Å². The Hall–Kier alpha value is -1.02. The van der Waals surface area contributed by atoms with Gasteiger partial charge < -0.3 is 9.84 Å². The van der Waals surface area contributed by atoms with Gasteiger partial charge in [0.15, 0.2) is 0 Å². The highest BCUT2D eigenvalue weighted by molar-refractivity contribution is 5.43. The summed E-state index contributed by atoms with van der Waals surface area (Å²) in [4.78, 5) is 0. The van der Waals surface area contributed by atoms with E-state index in [1.807, 2.05) is 25.1 Å². The summed E-state index contributed by atoms with van der Waals surface area (Å²) >= 11 is 0. The minimum Gasteiger partial charge on any atom is -0.496 e. The number of aryl methyl sites for hydroxylation is 1. The Morgan fingerprint density at radius 2 is 2.08 bits per heavy atom. The minimum absolute atomic E-state index is 0.600. The summed E-state index contributed by atoms with van der Waals surface area (Å²) in [5, 5.41) is 9.96. The van der Waals surface area contributed by atoms with Crippen LogP contribution in [-0.4, -0.2) is 12.2 Å². The van der Waals surface area contributed by atoms with Gasteiger partial charge in [-0.15, -0.1) is 0 Å². The molecule has 1 N–H and O–H groups in total. The van der Waals surface area contributed by atoms with E-state index in [1.54, 1.807) is 7.11 Å². The number of hydrogen-bond acceptors (Lipinski definition) is 2. The Kier molecular flexibility index (Phi) is 1.81. The third-order valence-corrected chi connectivity index (χ3v) is 2.58. The molecule has 1 saturated carbocycles. The lowest BCUT2D eigenvalue weighted by Gasteiger charge is -2.13. The lowest BCUT2D eigenvalue weighted by molar-refractivity contribution is 0.147. The molecule has 0 bridgehead atoms. The maximum Gasteiger partial charge on any atom is 0.124 e. The normalized spacial score (nSPS) is 18.4. The van der Waals surface area contributed by atoms with Gasteiger partial charge in [0.2, 0.25) is 0 Å². The average Bonchev–Trinajstić information content (AvgIpc) is 2.85. The molecular weight excluding hydrogens is 164 g/mol. The van der Waals surface area contributed by atoms with Gasteiger partial charge in [-0.2, -0.15) is 0 Å². The van der Waals surface area contributed by atoms with Gasteiger partial charge in [0.25, 0.3) is 0 Å². The third-order valence-electron chi connectivity index (χ3n) is 2.58. The van der Waals surface area contributed by atoms with Crippen molar-refractivity contribution in [3.8, 4) is 5.75 Å². The van der Waals surface area contributed by atoms with E-state index in [4.69, 9.17) is 4.74 Å². The molecule has 0 aromatic heterocycles. The van der Waals surface area contributed by atoms with Crippen LogP contribution in [0.3, 0.4) is 0 Å². The van der Waals surface area contributed by atoms with Crippen molar-refractivity contribution in [2.45, 2.75) is 25.4 Å². The van der Waals surface area contributed by atoms with E-state index in [0.29, 0.717) is 0 Å². The number of hydrogen-bond donors (Lipinski definition) is 1. The molecule has 1 fully saturated rings. The summed E-state index contributed by atoms with van der Waals surface area (Å²) in [5.41, 5.74) is 1.50. The zero-order valence-corrected chi connectivity index (χ0v) is 8.00. The van der Waals surface area contributed by atoms with E-state index in [1.165, 1.54) is 0 Å². The lowest BCUT2D eigenvalue weighted by atomic mass is 10.0. The predicted octanol–water partition coefficient (Wildman–Crippen LogP) is 1.99. The SMILES string of the molecule is COc1ccc(C)cc1C1(O)CC1. The molecule has 0 heterocycles. The van der Waals surface area contributed by atoms with Gasteiger partial charge in [-0.1, -0.05) is 11.6 Å². The van der Waals surface area contributed by atoms with Crippen molar-refractivity contribution in [3.63, 3.8) is 0 Å². The molecule has 70 valence electrons. The van der Waals surface area contributed by atoms with Gasteiger partial charge in [0.1, 0.15) is 5.75 Å². The number of ether oxygens (including phenoxy) is 1. The van der Waals surface area contributed by atoms with E-state index in [9.17, 15) is 5.11 Å². The van der Waals surface area contributed by atoms with Gasteiger partial charge in [-0.25, -0.2) is 0 Å². The Labute approximate surface area is 78.2 Å². The van der Waals surface area contributed by atoms with Gasteiger partial charge in [0, 0.05) is 5.56 Å². The Bertz CT molecular complexity index is 327. The van der Waals surface area contributed by atoms with Crippen molar-refractivity contribution >= 4 is 0 Å². The summed E-state index contributed by atoms with van der Waals surface area (Å²) in [6.07, 6.45) is 1.71. The second-order valence-electron chi connectivity index (χ2n) is 3.74. The molecule has 1 aromatic carbocycles.